The number of nitrogens with zero attached hydrogens (tertiary/aromatic N) is 1. The molecule has 4 heteroatoms. The first kappa shape index (κ1) is 13.2. The third-order valence-electron chi connectivity index (χ3n) is 3.63. The lowest BCUT2D eigenvalue weighted by Crippen LogP contribution is -2.17. The summed E-state index contributed by atoms with van der Waals surface area (Å²) in [5.41, 5.74) is 1.10. The first-order valence-corrected chi connectivity index (χ1v) is 7.25. The topological polar surface area (TPSA) is 47.3 Å². The Hall–Kier alpha value is -1.81. The first-order valence-electron chi connectivity index (χ1n) is 7.25. The van der Waals surface area contributed by atoms with Gasteiger partial charge in [-0.05, 0) is 43.9 Å². The van der Waals surface area contributed by atoms with E-state index in [0.29, 0.717) is 12.6 Å². The zero-order valence-electron chi connectivity index (χ0n) is 11.5. The van der Waals surface area contributed by atoms with Crippen LogP contribution in [0.2, 0.25) is 0 Å². The van der Waals surface area contributed by atoms with Crippen LogP contribution in [0, 0.1) is 0 Å². The largest absolute Gasteiger partial charge is 0.474 e. The Balaban J connectivity index is 1.57. The predicted octanol–water partition coefficient (Wildman–Crippen LogP) is 3.29. The Kier molecular flexibility index (Phi) is 4.33. The molecule has 3 rings (SSSR count). The molecule has 4 nitrogen and oxygen atoms in total. The van der Waals surface area contributed by atoms with Gasteiger partial charge in [-0.25, -0.2) is 4.98 Å². The first-order chi connectivity index (χ1) is 9.92. The maximum atomic E-state index is 6.02. The van der Waals surface area contributed by atoms with Crippen LogP contribution in [-0.2, 0) is 13.1 Å². The predicted molar refractivity (Wildman–Crippen MR) is 76.4 cm³/mol. The van der Waals surface area contributed by atoms with Gasteiger partial charge in [0.05, 0.1) is 12.8 Å². The third-order valence-corrected chi connectivity index (χ3v) is 3.63. The summed E-state index contributed by atoms with van der Waals surface area (Å²) in [6, 6.07) is 7.87. The van der Waals surface area contributed by atoms with Crippen LogP contribution in [0.4, 0.5) is 0 Å². The molecule has 1 aliphatic rings. The van der Waals surface area contributed by atoms with E-state index >= 15 is 0 Å². The Bertz CT molecular complexity index is 519. The Morgan fingerprint density at radius 3 is 2.90 bits per heavy atom. The molecule has 1 aliphatic carbocycles. The molecular weight excluding hydrogens is 252 g/mol. The fourth-order valence-corrected chi connectivity index (χ4v) is 2.56. The number of nitrogens with one attached hydrogen (secondary N) is 1. The maximum absolute atomic E-state index is 6.02. The van der Waals surface area contributed by atoms with E-state index in [1.54, 1.807) is 12.5 Å². The van der Waals surface area contributed by atoms with Gasteiger partial charge in [0.2, 0.25) is 5.88 Å². The minimum absolute atomic E-state index is 0.341. The van der Waals surface area contributed by atoms with E-state index in [-0.39, 0.29) is 0 Å². The molecule has 0 saturated heterocycles. The second-order valence-electron chi connectivity index (χ2n) is 5.17. The molecule has 0 atom stereocenters. The van der Waals surface area contributed by atoms with Crippen molar-refractivity contribution in [3.05, 3.63) is 48.0 Å². The average Bonchev–Trinajstić information content (AvgIpc) is 3.14. The van der Waals surface area contributed by atoms with E-state index in [1.165, 1.54) is 12.8 Å². The maximum Gasteiger partial charge on any atom is 0.218 e. The van der Waals surface area contributed by atoms with Crippen LogP contribution in [0.15, 0.2) is 41.1 Å². The second kappa shape index (κ2) is 6.57. The number of ether oxygens (including phenoxy) is 1. The summed E-state index contributed by atoms with van der Waals surface area (Å²) < 4.78 is 11.3. The van der Waals surface area contributed by atoms with Gasteiger partial charge in [-0.1, -0.05) is 6.07 Å². The molecule has 0 radical (unpaired) electrons. The number of aromatic nitrogens is 1. The van der Waals surface area contributed by atoms with Gasteiger partial charge in [0.15, 0.2) is 0 Å². The van der Waals surface area contributed by atoms with Crippen molar-refractivity contribution in [3.8, 4) is 5.88 Å². The molecule has 0 unspecified atom stereocenters. The van der Waals surface area contributed by atoms with Crippen molar-refractivity contribution in [2.45, 2.75) is 44.9 Å². The highest BCUT2D eigenvalue weighted by Crippen LogP contribution is 2.24. The fourth-order valence-electron chi connectivity index (χ4n) is 2.56. The summed E-state index contributed by atoms with van der Waals surface area (Å²) in [7, 11) is 0. The fraction of sp³-hybridized carbons (Fsp3) is 0.438. The van der Waals surface area contributed by atoms with Gasteiger partial charge in [0, 0.05) is 18.3 Å². The minimum Gasteiger partial charge on any atom is -0.474 e. The van der Waals surface area contributed by atoms with Crippen molar-refractivity contribution in [1.29, 1.82) is 0 Å². The van der Waals surface area contributed by atoms with Crippen molar-refractivity contribution in [1.82, 2.24) is 10.3 Å². The van der Waals surface area contributed by atoms with Gasteiger partial charge in [-0.2, -0.15) is 0 Å². The summed E-state index contributed by atoms with van der Waals surface area (Å²) in [5.74, 6) is 1.71. The molecule has 2 heterocycles. The van der Waals surface area contributed by atoms with Gasteiger partial charge in [-0.15, -0.1) is 0 Å². The van der Waals surface area contributed by atoms with Crippen LogP contribution in [-0.4, -0.2) is 11.1 Å². The van der Waals surface area contributed by atoms with Crippen LogP contribution < -0.4 is 10.1 Å². The molecule has 0 aromatic carbocycles. The summed E-state index contributed by atoms with van der Waals surface area (Å²) >= 11 is 0. The normalized spacial score (nSPS) is 15.6. The van der Waals surface area contributed by atoms with Gasteiger partial charge in [0.1, 0.15) is 11.9 Å². The molecule has 2 aromatic rings. The third kappa shape index (κ3) is 3.39. The second-order valence-corrected chi connectivity index (χ2v) is 5.17. The molecule has 0 spiro atoms. The summed E-state index contributed by atoms with van der Waals surface area (Å²) in [4.78, 5) is 4.37. The van der Waals surface area contributed by atoms with E-state index in [2.05, 4.69) is 16.4 Å². The van der Waals surface area contributed by atoms with E-state index < -0.39 is 0 Å². The molecule has 1 N–H and O–H groups in total. The molecule has 106 valence electrons. The molecule has 20 heavy (non-hydrogen) atoms. The number of rotatable bonds is 6. The summed E-state index contributed by atoms with van der Waals surface area (Å²) in [6.07, 6.45) is 8.66. The lowest BCUT2D eigenvalue weighted by Gasteiger charge is -2.15. The molecule has 0 bridgehead atoms. The van der Waals surface area contributed by atoms with Crippen molar-refractivity contribution in [2.24, 2.45) is 0 Å². The molecular formula is C16H20N2O2. The highest BCUT2D eigenvalue weighted by Gasteiger charge is 2.18. The minimum atomic E-state index is 0.341. The van der Waals surface area contributed by atoms with E-state index in [1.807, 2.05) is 18.2 Å². The Morgan fingerprint density at radius 1 is 1.20 bits per heavy atom. The Labute approximate surface area is 119 Å². The SMILES string of the molecule is c1coc(CNCc2cccnc2OC2CCCC2)c1. The average molecular weight is 272 g/mol. The van der Waals surface area contributed by atoms with Gasteiger partial charge >= 0.3 is 0 Å². The number of furan rings is 1. The zero-order chi connectivity index (χ0) is 13.6. The zero-order valence-corrected chi connectivity index (χ0v) is 11.5. The standard InChI is InChI=1S/C16H20N2O2/c1-2-7-14(6-1)20-16-13(5-3-9-18-16)11-17-12-15-8-4-10-19-15/h3-5,8-10,14,17H,1-2,6-7,11-12H2. The monoisotopic (exact) mass is 272 g/mol. The van der Waals surface area contributed by atoms with Crippen LogP contribution >= 0.6 is 0 Å². The lowest BCUT2D eigenvalue weighted by atomic mass is 10.2. The van der Waals surface area contributed by atoms with Gasteiger partial charge in [0.25, 0.3) is 0 Å². The number of hydrogen-bond acceptors (Lipinski definition) is 4. The van der Waals surface area contributed by atoms with Gasteiger partial charge in [-0.3, -0.25) is 0 Å². The molecule has 0 amide bonds. The summed E-state index contributed by atoms with van der Waals surface area (Å²) in [5, 5.41) is 3.36. The highest BCUT2D eigenvalue weighted by atomic mass is 16.5. The smallest absolute Gasteiger partial charge is 0.218 e. The number of pyridine rings is 1. The van der Waals surface area contributed by atoms with Crippen LogP contribution in [0.1, 0.15) is 37.0 Å². The molecule has 1 fully saturated rings. The van der Waals surface area contributed by atoms with Crippen molar-refractivity contribution in [2.75, 3.05) is 0 Å². The van der Waals surface area contributed by atoms with Crippen molar-refractivity contribution in [3.63, 3.8) is 0 Å². The van der Waals surface area contributed by atoms with Crippen molar-refractivity contribution < 1.29 is 9.15 Å². The van der Waals surface area contributed by atoms with Crippen LogP contribution in [0.25, 0.3) is 0 Å². The van der Waals surface area contributed by atoms with E-state index in [0.717, 1.165) is 36.6 Å². The quantitative estimate of drug-likeness (QED) is 0.876. The number of hydrogen-bond donors (Lipinski definition) is 1. The lowest BCUT2D eigenvalue weighted by molar-refractivity contribution is 0.199. The summed E-state index contributed by atoms with van der Waals surface area (Å²) in [6.45, 7) is 1.45. The van der Waals surface area contributed by atoms with Crippen LogP contribution in [0.3, 0.4) is 0 Å². The van der Waals surface area contributed by atoms with E-state index in [9.17, 15) is 0 Å². The van der Waals surface area contributed by atoms with Gasteiger partial charge < -0.3 is 14.5 Å². The van der Waals surface area contributed by atoms with Crippen LogP contribution in [0.5, 0.6) is 5.88 Å². The van der Waals surface area contributed by atoms with Crippen molar-refractivity contribution >= 4 is 0 Å². The Morgan fingerprint density at radius 2 is 2.10 bits per heavy atom. The molecule has 0 aliphatic heterocycles. The molecule has 1 saturated carbocycles. The highest BCUT2D eigenvalue weighted by molar-refractivity contribution is 5.25. The molecule has 2 aromatic heterocycles. The van der Waals surface area contributed by atoms with E-state index in [4.69, 9.17) is 9.15 Å².